The largest absolute Gasteiger partial charge is 0.761 e. The van der Waals surface area contributed by atoms with Crippen LogP contribution in [0.1, 0.15) is 15.9 Å². The second-order valence-corrected chi connectivity index (χ2v) is 2.97. The number of anilines is 1. The van der Waals surface area contributed by atoms with Crippen LogP contribution in [0.3, 0.4) is 0 Å². The Balaban J connectivity index is 3.40. The number of benzene rings is 1. The fourth-order valence-electron chi connectivity index (χ4n) is 1.15. The van der Waals surface area contributed by atoms with Gasteiger partial charge < -0.3 is 15.4 Å². The average molecular weight is 252 g/mol. The predicted molar refractivity (Wildman–Crippen MR) is 49.7 cm³/mol. The van der Waals surface area contributed by atoms with Crippen molar-refractivity contribution in [1.82, 2.24) is 0 Å². The van der Waals surface area contributed by atoms with Crippen molar-refractivity contribution in [2.24, 2.45) is 0 Å². The molecule has 0 aromatic heterocycles. The molecule has 0 heterocycles. The zero-order valence-corrected chi connectivity index (χ0v) is 8.39. The van der Waals surface area contributed by atoms with Gasteiger partial charge in [0.2, 0.25) is 0 Å². The molecule has 4 nitrogen and oxygen atoms in total. The quantitative estimate of drug-likeness (QED) is 0.499. The molecule has 0 aliphatic heterocycles. The molecule has 0 aliphatic carbocycles. The normalized spacial score (nSPS) is 11.2. The number of alkyl halides is 3. The van der Waals surface area contributed by atoms with Crippen LogP contribution in [0.15, 0.2) is 12.1 Å². The molecular weight excluding hydrogens is 246 g/mol. The molecule has 8 heteroatoms. The number of hydrogen-bond acceptors (Lipinski definition) is 4. The molecule has 1 N–H and O–H groups in total. The molecule has 1 rings (SSSR count). The van der Waals surface area contributed by atoms with E-state index in [2.05, 4.69) is 4.74 Å². The first-order chi connectivity index (χ1) is 7.81. The van der Waals surface area contributed by atoms with E-state index in [0.29, 0.717) is 6.07 Å². The molecule has 1 aromatic carbocycles. The molecule has 17 heavy (non-hydrogen) atoms. The highest BCUT2D eigenvalue weighted by Gasteiger charge is 2.35. The number of ether oxygens (including phenoxy) is 1. The topological polar surface area (TPSA) is 61.4 Å². The smallest absolute Gasteiger partial charge is 0.419 e. The van der Waals surface area contributed by atoms with Crippen LogP contribution in [0.5, 0.6) is 0 Å². The lowest BCUT2D eigenvalue weighted by Gasteiger charge is -2.17. The number of methoxy groups -OCH3 is 1. The van der Waals surface area contributed by atoms with E-state index in [9.17, 15) is 27.6 Å². The molecular formula is C9H6F4NO3-. The zero-order valence-electron chi connectivity index (χ0n) is 8.39. The van der Waals surface area contributed by atoms with Crippen LogP contribution in [0, 0.1) is 11.0 Å². The number of nitrogens with one attached hydrogen (secondary N) is 1. The number of halogens is 4. The van der Waals surface area contributed by atoms with Gasteiger partial charge in [-0.25, -0.2) is 9.18 Å². The third-order valence-corrected chi connectivity index (χ3v) is 1.93. The van der Waals surface area contributed by atoms with Crippen LogP contribution in [0.2, 0.25) is 0 Å². The molecule has 0 spiro atoms. The number of hydrogen-bond donors (Lipinski definition) is 1. The lowest BCUT2D eigenvalue weighted by molar-refractivity contribution is -0.139. The van der Waals surface area contributed by atoms with Crippen LogP contribution < -0.4 is 5.48 Å². The summed E-state index contributed by atoms with van der Waals surface area (Å²) in [5.41, 5.74) is -1.81. The molecule has 0 bridgehead atoms. The molecule has 0 saturated heterocycles. The van der Waals surface area contributed by atoms with Gasteiger partial charge in [0.1, 0.15) is 5.82 Å². The van der Waals surface area contributed by atoms with E-state index in [4.69, 9.17) is 0 Å². The summed E-state index contributed by atoms with van der Waals surface area (Å²) >= 11 is 0. The standard InChI is InChI=1S/C9H6F4NO3/c1-17-8(15)4-2-6(10)5(9(11,12)13)3-7(4)14-16/h2-3,14H,1H3/q-1. The molecule has 1 aromatic rings. The van der Waals surface area contributed by atoms with Crippen LogP contribution in [-0.4, -0.2) is 13.1 Å². The van der Waals surface area contributed by atoms with Crippen LogP contribution >= 0.6 is 0 Å². The molecule has 0 amide bonds. The van der Waals surface area contributed by atoms with Gasteiger partial charge in [0.15, 0.2) is 0 Å². The van der Waals surface area contributed by atoms with Crippen molar-refractivity contribution in [3.8, 4) is 0 Å². The fourth-order valence-corrected chi connectivity index (χ4v) is 1.15. The first kappa shape index (κ1) is 13.2. The minimum atomic E-state index is -4.95. The maximum Gasteiger partial charge on any atom is 0.419 e. The van der Waals surface area contributed by atoms with Crippen LogP contribution in [-0.2, 0) is 10.9 Å². The summed E-state index contributed by atoms with van der Waals surface area (Å²) < 4.78 is 54.2. The number of rotatable bonds is 2. The second kappa shape index (κ2) is 4.58. The van der Waals surface area contributed by atoms with Gasteiger partial charge in [-0.15, -0.1) is 0 Å². The lowest BCUT2D eigenvalue weighted by Crippen LogP contribution is -2.12. The van der Waals surface area contributed by atoms with Crippen LogP contribution in [0.25, 0.3) is 0 Å². The highest BCUT2D eigenvalue weighted by Crippen LogP contribution is 2.34. The average Bonchev–Trinajstić information content (AvgIpc) is 2.26. The summed E-state index contributed by atoms with van der Waals surface area (Å²) in [6.45, 7) is 0. The van der Waals surface area contributed by atoms with Crippen molar-refractivity contribution in [3.05, 3.63) is 34.3 Å². The first-order valence-corrected chi connectivity index (χ1v) is 4.18. The van der Waals surface area contributed by atoms with Crippen molar-refractivity contribution < 1.29 is 27.1 Å². The predicted octanol–water partition coefficient (Wildman–Crippen LogP) is 2.54. The van der Waals surface area contributed by atoms with E-state index in [1.165, 1.54) is 0 Å². The van der Waals surface area contributed by atoms with Crippen molar-refractivity contribution in [2.45, 2.75) is 6.18 Å². The van der Waals surface area contributed by atoms with Gasteiger partial charge in [-0.05, 0) is 12.1 Å². The maximum atomic E-state index is 13.1. The third-order valence-electron chi connectivity index (χ3n) is 1.93. The van der Waals surface area contributed by atoms with Gasteiger partial charge in [0.25, 0.3) is 0 Å². The van der Waals surface area contributed by atoms with Gasteiger partial charge in [-0.3, -0.25) is 0 Å². The summed E-state index contributed by atoms with van der Waals surface area (Å²) in [5, 5.41) is 10.4. The van der Waals surface area contributed by atoms with E-state index in [1.807, 2.05) is 0 Å². The molecule has 0 unspecified atom stereocenters. The molecule has 0 saturated carbocycles. The van der Waals surface area contributed by atoms with Gasteiger partial charge in [-0.2, -0.15) is 13.2 Å². The molecule has 0 fully saturated rings. The highest BCUT2D eigenvalue weighted by atomic mass is 19.4. The summed E-state index contributed by atoms with van der Waals surface area (Å²) in [7, 11) is 0.951. The van der Waals surface area contributed by atoms with Crippen LogP contribution in [0.4, 0.5) is 23.2 Å². The first-order valence-electron chi connectivity index (χ1n) is 4.18. The van der Waals surface area contributed by atoms with Gasteiger partial charge in [0, 0.05) is 5.69 Å². The Morgan fingerprint density at radius 2 is 2.00 bits per heavy atom. The summed E-state index contributed by atoms with van der Waals surface area (Å²) in [5.74, 6) is -2.77. The molecule has 0 atom stereocenters. The van der Waals surface area contributed by atoms with Crippen molar-refractivity contribution >= 4 is 11.7 Å². The van der Waals surface area contributed by atoms with Crippen molar-refractivity contribution in [2.75, 3.05) is 12.6 Å². The maximum absolute atomic E-state index is 13.1. The summed E-state index contributed by atoms with van der Waals surface area (Å²) in [4.78, 5) is 11.1. The Kier molecular flexibility index (Phi) is 3.56. The zero-order chi connectivity index (χ0) is 13.2. The number of esters is 1. The Morgan fingerprint density at radius 3 is 2.41 bits per heavy atom. The highest BCUT2D eigenvalue weighted by molar-refractivity contribution is 5.95. The van der Waals surface area contributed by atoms with Crippen molar-refractivity contribution in [3.63, 3.8) is 0 Å². The van der Waals surface area contributed by atoms with Crippen molar-refractivity contribution in [1.29, 1.82) is 0 Å². The third kappa shape index (κ3) is 2.64. The molecule has 0 radical (unpaired) electrons. The SMILES string of the molecule is COC(=O)c1cc(F)c(C(F)(F)F)cc1N[O-]. The lowest BCUT2D eigenvalue weighted by atomic mass is 10.1. The van der Waals surface area contributed by atoms with Gasteiger partial charge in [0.05, 0.1) is 18.2 Å². The van der Waals surface area contributed by atoms with E-state index in [0.717, 1.165) is 12.6 Å². The molecule has 94 valence electrons. The second-order valence-electron chi connectivity index (χ2n) is 2.97. The Bertz CT molecular complexity index is 445. The van der Waals surface area contributed by atoms with E-state index >= 15 is 0 Å². The summed E-state index contributed by atoms with van der Waals surface area (Å²) in [6.07, 6.45) is -4.95. The van der Waals surface area contributed by atoms with E-state index in [-0.39, 0.29) is 6.07 Å². The molecule has 0 aliphatic rings. The van der Waals surface area contributed by atoms with E-state index < -0.39 is 34.8 Å². The van der Waals surface area contributed by atoms with E-state index in [1.54, 1.807) is 0 Å². The van der Waals surface area contributed by atoms with Gasteiger partial charge >= 0.3 is 12.1 Å². The Labute approximate surface area is 92.8 Å². The minimum Gasteiger partial charge on any atom is -0.761 e. The summed E-state index contributed by atoms with van der Waals surface area (Å²) in [6, 6.07) is 0.517. The monoisotopic (exact) mass is 252 g/mol. The Morgan fingerprint density at radius 1 is 1.41 bits per heavy atom. The Hall–Kier alpha value is -1.83. The number of carbonyl (C=O) groups is 1. The minimum absolute atomic E-state index is 0.217. The fraction of sp³-hybridized carbons (Fsp3) is 0.222. The van der Waals surface area contributed by atoms with Gasteiger partial charge in [-0.1, -0.05) is 0 Å². The number of carbonyl (C=O) groups excluding carboxylic acids is 1.